The average molecular weight is 379 g/mol. The van der Waals surface area contributed by atoms with Gasteiger partial charge in [0.2, 0.25) is 0 Å². The molecule has 4 nitrogen and oxygen atoms in total. The van der Waals surface area contributed by atoms with E-state index in [-0.39, 0.29) is 17.9 Å². The van der Waals surface area contributed by atoms with Crippen molar-refractivity contribution >= 4 is 11.6 Å². The minimum absolute atomic E-state index is 0.0947. The van der Waals surface area contributed by atoms with E-state index in [0.717, 1.165) is 42.5 Å². The quantitative estimate of drug-likeness (QED) is 0.876. The molecule has 0 aromatic heterocycles. The molecule has 1 aliphatic heterocycles. The first-order chi connectivity index (χ1) is 13.5. The summed E-state index contributed by atoms with van der Waals surface area (Å²) in [6.45, 7) is 0.598. The van der Waals surface area contributed by atoms with Crippen molar-refractivity contribution in [1.29, 1.82) is 0 Å². The van der Waals surface area contributed by atoms with E-state index in [1.807, 2.05) is 78.5 Å². The number of piperidine rings is 1. The van der Waals surface area contributed by atoms with Gasteiger partial charge < -0.3 is 14.9 Å². The topological polar surface area (TPSA) is 43.8 Å². The van der Waals surface area contributed by atoms with Crippen molar-refractivity contribution in [3.05, 3.63) is 65.7 Å². The molecule has 2 aromatic carbocycles. The highest BCUT2D eigenvalue weighted by atomic mass is 16.3. The van der Waals surface area contributed by atoms with Crippen LogP contribution in [0.2, 0.25) is 0 Å². The maximum Gasteiger partial charge on any atom is 0.254 e. The molecule has 0 bridgehead atoms. The number of aliphatic hydroxyl groups is 1. The standard InChI is InChI=1S/C24H30N2O2/c1-25(2)20-14-12-18(13-15-20)23(27)26-17-16-24(28,19-8-4-3-5-9-19)21-10-6-7-11-22(21)26/h3-5,8-9,12-15,21-22,28H,6-7,10-11,16-17H2,1-2H3/t21-,22+,24-/m1/s1. The van der Waals surface area contributed by atoms with Gasteiger partial charge in [-0.1, -0.05) is 43.2 Å². The molecule has 1 N–H and O–H groups in total. The number of rotatable bonds is 3. The van der Waals surface area contributed by atoms with Gasteiger partial charge in [0.1, 0.15) is 0 Å². The van der Waals surface area contributed by atoms with Crippen molar-refractivity contribution in [3.63, 3.8) is 0 Å². The first-order valence-electron chi connectivity index (χ1n) is 10.4. The Bertz CT molecular complexity index is 818. The molecule has 4 heteroatoms. The zero-order valence-corrected chi connectivity index (χ0v) is 16.8. The second kappa shape index (κ2) is 7.59. The Morgan fingerprint density at radius 1 is 1.04 bits per heavy atom. The van der Waals surface area contributed by atoms with Gasteiger partial charge in [-0.15, -0.1) is 0 Å². The van der Waals surface area contributed by atoms with Crippen LogP contribution in [0.1, 0.15) is 48.0 Å². The van der Waals surface area contributed by atoms with Gasteiger partial charge in [0.25, 0.3) is 5.91 Å². The lowest BCUT2D eigenvalue weighted by molar-refractivity contribution is -0.110. The SMILES string of the molecule is CN(C)c1ccc(C(=O)N2CC[C@@](O)(c3ccccc3)[C@@H]3CCCC[C@@H]32)cc1. The Morgan fingerprint density at radius 2 is 1.71 bits per heavy atom. The fourth-order valence-electron chi connectivity index (χ4n) is 5.09. The van der Waals surface area contributed by atoms with E-state index in [2.05, 4.69) is 0 Å². The Kier molecular flexibility index (Phi) is 5.15. The summed E-state index contributed by atoms with van der Waals surface area (Å²) in [6, 6.07) is 18.0. The Balaban J connectivity index is 1.61. The van der Waals surface area contributed by atoms with Crippen LogP contribution in [0.25, 0.3) is 0 Å². The summed E-state index contributed by atoms with van der Waals surface area (Å²) in [5, 5.41) is 11.7. The highest BCUT2D eigenvalue weighted by Crippen LogP contribution is 2.47. The second-order valence-corrected chi connectivity index (χ2v) is 8.44. The maximum absolute atomic E-state index is 13.3. The van der Waals surface area contributed by atoms with Crippen molar-refractivity contribution in [2.75, 3.05) is 25.5 Å². The molecule has 1 saturated carbocycles. The third kappa shape index (κ3) is 3.30. The summed E-state index contributed by atoms with van der Waals surface area (Å²) in [5.41, 5.74) is 1.98. The molecule has 0 radical (unpaired) electrons. The first-order valence-corrected chi connectivity index (χ1v) is 10.4. The molecule has 0 spiro atoms. The predicted molar refractivity (Wildman–Crippen MR) is 113 cm³/mol. The lowest BCUT2D eigenvalue weighted by Gasteiger charge is -2.52. The van der Waals surface area contributed by atoms with E-state index in [1.165, 1.54) is 0 Å². The molecule has 3 atom stereocenters. The van der Waals surface area contributed by atoms with Gasteiger partial charge in [-0.25, -0.2) is 0 Å². The van der Waals surface area contributed by atoms with Gasteiger partial charge in [0, 0.05) is 43.9 Å². The maximum atomic E-state index is 13.3. The lowest BCUT2D eigenvalue weighted by atomic mass is 9.66. The summed E-state index contributed by atoms with van der Waals surface area (Å²) in [5.74, 6) is 0.194. The summed E-state index contributed by atoms with van der Waals surface area (Å²) < 4.78 is 0. The Morgan fingerprint density at radius 3 is 2.39 bits per heavy atom. The molecule has 4 rings (SSSR count). The van der Waals surface area contributed by atoms with E-state index < -0.39 is 5.60 Å². The smallest absolute Gasteiger partial charge is 0.254 e. The normalized spacial score (nSPS) is 27.2. The van der Waals surface area contributed by atoms with Crippen molar-refractivity contribution < 1.29 is 9.90 Å². The van der Waals surface area contributed by atoms with E-state index in [9.17, 15) is 9.90 Å². The zero-order valence-electron chi connectivity index (χ0n) is 16.8. The molecule has 148 valence electrons. The van der Waals surface area contributed by atoms with Crippen LogP contribution < -0.4 is 4.90 Å². The number of fused-ring (bicyclic) bond motifs is 1. The fraction of sp³-hybridized carbons (Fsp3) is 0.458. The molecule has 28 heavy (non-hydrogen) atoms. The first kappa shape index (κ1) is 19.0. The molecule has 1 aliphatic carbocycles. The predicted octanol–water partition coefficient (Wildman–Crippen LogP) is 4.05. The largest absolute Gasteiger partial charge is 0.385 e. The van der Waals surface area contributed by atoms with Crippen LogP contribution in [0.4, 0.5) is 5.69 Å². The van der Waals surface area contributed by atoms with E-state index in [4.69, 9.17) is 0 Å². The molecule has 1 amide bonds. The minimum Gasteiger partial charge on any atom is -0.385 e. The number of likely N-dealkylation sites (tertiary alicyclic amines) is 1. The Hall–Kier alpha value is -2.33. The molecule has 2 aromatic rings. The summed E-state index contributed by atoms with van der Waals surface area (Å²) in [4.78, 5) is 17.4. The van der Waals surface area contributed by atoms with Gasteiger partial charge in [-0.2, -0.15) is 0 Å². The van der Waals surface area contributed by atoms with Crippen molar-refractivity contribution in [2.45, 2.75) is 43.7 Å². The lowest BCUT2D eigenvalue weighted by Crippen LogP contribution is -2.58. The number of amides is 1. The number of hydrogen-bond acceptors (Lipinski definition) is 3. The molecule has 0 unspecified atom stereocenters. The van der Waals surface area contributed by atoms with Crippen LogP contribution in [0.3, 0.4) is 0 Å². The van der Waals surface area contributed by atoms with Crippen LogP contribution in [0.5, 0.6) is 0 Å². The van der Waals surface area contributed by atoms with Crippen molar-refractivity contribution in [1.82, 2.24) is 4.90 Å². The molecular formula is C24H30N2O2. The molecule has 2 fully saturated rings. The molecule has 2 aliphatic rings. The van der Waals surface area contributed by atoms with E-state index >= 15 is 0 Å². The van der Waals surface area contributed by atoms with Crippen LogP contribution in [-0.2, 0) is 5.60 Å². The molecule has 1 heterocycles. The highest BCUT2D eigenvalue weighted by Gasteiger charge is 2.50. The third-order valence-electron chi connectivity index (χ3n) is 6.64. The van der Waals surface area contributed by atoms with E-state index in [1.54, 1.807) is 0 Å². The summed E-state index contributed by atoms with van der Waals surface area (Å²) >= 11 is 0. The molecule has 1 saturated heterocycles. The average Bonchev–Trinajstić information content (AvgIpc) is 2.74. The second-order valence-electron chi connectivity index (χ2n) is 8.44. The van der Waals surface area contributed by atoms with Gasteiger partial charge in [-0.3, -0.25) is 4.79 Å². The van der Waals surface area contributed by atoms with Crippen LogP contribution in [-0.4, -0.2) is 42.6 Å². The van der Waals surface area contributed by atoms with Crippen molar-refractivity contribution in [3.8, 4) is 0 Å². The van der Waals surface area contributed by atoms with Gasteiger partial charge in [0.15, 0.2) is 0 Å². The molecular weight excluding hydrogens is 348 g/mol. The zero-order chi connectivity index (χ0) is 19.7. The number of nitrogens with zero attached hydrogens (tertiary/aromatic N) is 2. The van der Waals surface area contributed by atoms with Gasteiger partial charge in [-0.05, 0) is 49.1 Å². The van der Waals surface area contributed by atoms with Crippen LogP contribution in [0.15, 0.2) is 54.6 Å². The number of hydrogen-bond donors (Lipinski definition) is 1. The number of carbonyl (C=O) groups excluding carboxylic acids is 1. The number of benzene rings is 2. The monoisotopic (exact) mass is 378 g/mol. The number of carbonyl (C=O) groups is 1. The summed E-state index contributed by atoms with van der Waals surface area (Å²) in [7, 11) is 4.00. The van der Waals surface area contributed by atoms with E-state index in [0.29, 0.717) is 13.0 Å². The third-order valence-corrected chi connectivity index (χ3v) is 6.64. The van der Waals surface area contributed by atoms with Gasteiger partial charge in [0.05, 0.1) is 5.60 Å². The number of anilines is 1. The van der Waals surface area contributed by atoms with Crippen LogP contribution in [0, 0.1) is 5.92 Å². The van der Waals surface area contributed by atoms with Gasteiger partial charge >= 0.3 is 0 Å². The minimum atomic E-state index is -0.835. The van der Waals surface area contributed by atoms with Crippen molar-refractivity contribution in [2.24, 2.45) is 5.92 Å². The fourth-order valence-corrected chi connectivity index (χ4v) is 5.09. The Labute approximate surface area is 167 Å². The highest BCUT2D eigenvalue weighted by molar-refractivity contribution is 5.95. The summed E-state index contributed by atoms with van der Waals surface area (Å²) in [6.07, 6.45) is 4.78. The van der Waals surface area contributed by atoms with Crippen LogP contribution >= 0.6 is 0 Å².